The Balaban J connectivity index is 1.89. The van der Waals surface area contributed by atoms with Gasteiger partial charge in [-0.1, -0.05) is 61.5 Å². The predicted molar refractivity (Wildman–Crippen MR) is 111 cm³/mol. The van der Waals surface area contributed by atoms with E-state index in [1.807, 2.05) is 48.5 Å². The van der Waals surface area contributed by atoms with Crippen molar-refractivity contribution in [2.75, 3.05) is 5.32 Å². The number of nitrogens with one attached hydrogen (secondary N) is 1. The summed E-state index contributed by atoms with van der Waals surface area (Å²) >= 11 is 0. The van der Waals surface area contributed by atoms with E-state index in [-0.39, 0.29) is 23.9 Å². The molecule has 0 aliphatic heterocycles. The van der Waals surface area contributed by atoms with E-state index in [0.29, 0.717) is 11.1 Å². The number of aryl methyl sites for hydroxylation is 1. The van der Waals surface area contributed by atoms with Crippen LogP contribution in [0.5, 0.6) is 0 Å². The van der Waals surface area contributed by atoms with Crippen molar-refractivity contribution in [1.29, 1.82) is 0 Å². The maximum Gasteiger partial charge on any atom is 0.269 e. The Morgan fingerprint density at radius 2 is 1.71 bits per heavy atom. The number of carbonyl (C=O) groups excluding carboxylic acids is 1. The Morgan fingerprint density at radius 3 is 2.36 bits per heavy atom. The Hall–Kier alpha value is -3.47. The van der Waals surface area contributed by atoms with E-state index in [9.17, 15) is 14.9 Å². The monoisotopic (exact) mass is 374 g/mol. The van der Waals surface area contributed by atoms with Crippen LogP contribution in [0.25, 0.3) is 0 Å². The fourth-order valence-electron chi connectivity index (χ4n) is 3.07. The molecule has 5 heteroatoms. The smallest absolute Gasteiger partial charge is 0.269 e. The third-order valence-corrected chi connectivity index (χ3v) is 4.67. The molecule has 142 valence electrons. The molecule has 0 aliphatic carbocycles. The number of rotatable bonds is 8. The predicted octanol–water partition coefficient (Wildman–Crippen LogP) is 5.58. The highest BCUT2D eigenvalue weighted by Gasteiger charge is 2.19. The van der Waals surface area contributed by atoms with Crippen molar-refractivity contribution in [3.63, 3.8) is 0 Å². The number of nitrogens with zero attached hydrogens (tertiary/aromatic N) is 1. The zero-order valence-electron chi connectivity index (χ0n) is 15.7. The maximum absolute atomic E-state index is 12.8. The van der Waals surface area contributed by atoms with Crippen LogP contribution in [-0.4, -0.2) is 10.7 Å². The zero-order valence-corrected chi connectivity index (χ0v) is 15.7. The van der Waals surface area contributed by atoms with Crippen molar-refractivity contribution >= 4 is 17.2 Å². The topological polar surface area (TPSA) is 72.2 Å². The minimum atomic E-state index is -0.421. The van der Waals surface area contributed by atoms with Crippen LogP contribution in [0.4, 0.5) is 11.4 Å². The molecule has 0 aromatic heterocycles. The summed E-state index contributed by atoms with van der Waals surface area (Å²) in [5.74, 6) is -0.0187. The highest BCUT2D eigenvalue weighted by Crippen LogP contribution is 2.27. The normalized spacial score (nSPS) is 11.6. The van der Waals surface area contributed by atoms with Gasteiger partial charge in [-0.3, -0.25) is 14.9 Å². The lowest BCUT2D eigenvalue weighted by molar-refractivity contribution is -0.384. The molecule has 0 amide bonds. The average Bonchev–Trinajstić information content (AvgIpc) is 2.74. The first-order valence-corrected chi connectivity index (χ1v) is 9.25. The lowest BCUT2D eigenvalue weighted by atomic mass is 9.97. The molecular weight excluding hydrogens is 352 g/mol. The van der Waals surface area contributed by atoms with Gasteiger partial charge in [0.15, 0.2) is 5.78 Å². The molecule has 1 N–H and O–H groups in total. The Morgan fingerprint density at radius 1 is 1.00 bits per heavy atom. The minimum Gasteiger partial charge on any atom is -0.378 e. The first-order chi connectivity index (χ1) is 13.6. The van der Waals surface area contributed by atoms with Crippen molar-refractivity contribution < 1.29 is 9.72 Å². The second-order valence-electron chi connectivity index (χ2n) is 6.59. The molecule has 0 saturated carbocycles. The van der Waals surface area contributed by atoms with E-state index in [2.05, 4.69) is 12.2 Å². The quantitative estimate of drug-likeness (QED) is 0.317. The van der Waals surface area contributed by atoms with Crippen LogP contribution >= 0.6 is 0 Å². The summed E-state index contributed by atoms with van der Waals surface area (Å²) in [7, 11) is 0. The summed E-state index contributed by atoms with van der Waals surface area (Å²) in [6.07, 6.45) is 1.14. The van der Waals surface area contributed by atoms with Gasteiger partial charge in [-0.25, -0.2) is 0 Å². The van der Waals surface area contributed by atoms with E-state index in [4.69, 9.17) is 0 Å². The van der Waals surface area contributed by atoms with Gasteiger partial charge in [0.1, 0.15) is 0 Å². The standard InChI is InChI=1S/C23H22N2O3/c1-2-17-11-13-20(14-12-17)24-22(16-23(26)18-7-4-3-5-8-18)19-9-6-10-21(15-19)25(27)28/h3-15,22,24H,2,16H2,1H3. The first-order valence-electron chi connectivity index (χ1n) is 9.25. The van der Waals surface area contributed by atoms with Crippen molar-refractivity contribution in [3.8, 4) is 0 Å². The maximum atomic E-state index is 12.8. The number of hydrogen-bond acceptors (Lipinski definition) is 4. The molecule has 0 spiro atoms. The molecule has 0 saturated heterocycles. The van der Waals surface area contributed by atoms with E-state index in [1.165, 1.54) is 17.7 Å². The van der Waals surface area contributed by atoms with Crippen LogP contribution < -0.4 is 5.32 Å². The Kier molecular flexibility index (Phi) is 6.17. The second-order valence-corrected chi connectivity index (χ2v) is 6.59. The van der Waals surface area contributed by atoms with E-state index in [1.54, 1.807) is 18.2 Å². The third-order valence-electron chi connectivity index (χ3n) is 4.67. The summed E-state index contributed by atoms with van der Waals surface area (Å²) in [6, 6.07) is 23.1. The number of Topliss-reactive ketones (excluding diaryl/α,β-unsaturated/α-hetero) is 1. The number of nitro benzene ring substituents is 1. The third kappa shape index (κ3) is 4.82. The van der Waals surface area contributed by atoms with Crippen LogP contribution in [0, 0.1) is 10.1 Å². The molecule has 1 atom stereocenters. The van der Waals surface area contributed by atoms with Crippen molar-refractivity contribution in [3.05, 3.63) is 106 Å². The molecular formula is C23H22N2O3. The summed E-state index contributed by atoms with van der Waals surface area (Å²) in [5, 5.41) is 14.5. The number of hydrogen-bond donors (Lipinski definition) is 1. The lowest BCUT2D eigenvalue weighted by Gasteiger charge is -2.20. The van der Waals surface area contributed by atoms with Crippen LogP contribution in [-0.2, 0) is 6.42 Å². The molecule has 0 radical (unpaired) electrons. The number of ketones is 1. The number of carbonyl (C=O) groups is 1. The van der Waals surface area contributed by atoms with Gasteiger partial charge in [0.2, 0.25) is 0 Å². The van der Waals surface area contributed by atoms with Crippen molar-refractivity contribution in [2.45, 2.75) is 25.8 Å². The minimum absolute atomic E-state index is 0.0118. The molecule has 0 fully saturated rings. The molecule has 0 heterocycles. The highest BCUT2D eigenvalue weighted by atomic mass is 16.6. The summed E-state index contributed by atoms with van der Waals surface area (Å²) in [4.78, 5) is 23.5. The average molecular weight is 374 g/mol. The number of nitro groups is 1. The summed E-state index contributed by atoms with van der Waals surface area (Å²) in [6.45, 7) is 2.09. The van der Waals surface area contributed by atoms with Gasteiger partial charge in [0.25, 0.3) is 5.69 Å². The molecule has 5 nitrogen and oxygen atoms in total. The molecule has 3 aromatic rings. The number of benzene rings is 3. The van der Waals surface area contributed by atoms with Crippen molar-refractivity contribution in [1.82, 2.24) is 0 Å². The lowest BCUT2D eigenvalue weighted by Crippen LogP contribution is -2.16. The number of anilines is 1. The van der Waals surface area contributed by atoms with Gasteiger partial charge in [-0.05, 0) is 29.7 Å². The molecule has 3 rings (SSSR count). The van der Waals surface area contributed by atoms with Gasteiger partial charge in [-0.15, -0.1) is 0 Å². The molecule has 0 aliphatic rings. The van der Waals surface area contributed by atoms with Gasteiger partial charge in [0.05, 0.1) is 11.0 Å². The summed E-state index contributed by atoms with van der Waals surface area (Å²) < 4.78 is 0. The molecule has 28 heavy (non-hydrogen) atoms. The van der Waals surface area contributed by atoms with Gasteiger partial charge >= 0.3 is 0 Å². The first kappa shape index (κ1) is 19.3. The van der Waals surface area contributed by atoms with Gasteiger partial charge < -0.3 is 5.32 Å². The molecule has 1 unspecified atom stereocenters. The SMILES string of the molecule is CCc1ccc(NC(CC(=O)c2ccccc2)c2cccc([N+](=O)[O-])c2)cc1. The van der Waals surface area contributed by atoms with E-state index < -0.39 is 4.92 Å². The Labute approximate surface area is 164 Å². The van der Waals surface area contributed by atoms with Gasteiger partial charge in [0, 0.05) is 29.8 Å². The molecule has 3 aromatic carbocycles. The van der Waals surface area contributed by atoms with E-state index in [0.717, 1.165) is 12.1 Å². The van der Waals surface area contributed by atoms with E-state index >= 15 is 0 Å². The largest absolute Gasteiger partial charge is 0.378 e. The van der Waals surface area contributed by atoms with Crippen LogP contribution in [0.1, 0.15) is 40.9 Å². The van der Waals surface area contributed by atoms with Crippen LogP contribution in [0.15, 0.2) is 78.9 Å². The van der Waals surface area contributed by atoms with Crippen LogP contribution in [0.3, 0.4) is 0 Å². The fourth-order valence-corrected chi connectivity index (χ4v) is 3.07. The fraction of sp³-hybridized carbons (Fsp3) is 0.174. The number of non-ortho nitro benzene ring substituents is 1. The van der Waals surface area contributed by atoms with Gasteiger partial charge in [-0.2, -0.15) is 0 Å². The second kappa shape index (κ2) is 8.95. The Bertz CT molecular complexity index is 953. The summed E-state index contributed by atoms with van der Waals surface area (Å²) in [5.41, 5.74) is 3.43. The molecule has 0 bridgehead atoms. The van der Waals surface area contributed by atoms with Crippen molar-refractivity contribution in [2.24, 2.45) is 0 Å². The highest BCUT2D eigenvalue weighted by molar-refractivity contribution is 5.96. The van der Waals surface area contributed by atoms with Crippen LogP contribution in [0.2, 0.25) is 0 Å². The zero-order chi connectivity index (χ0) is 19.9.